The summed E-state index contributed by atoms with van der Waals surface area (Å²) in [6.07, 6.45) is 14.4. The van der Waals surface area contributed by atoms with E-state index in [-0.39, 0.29) is 5.34 Å². The highest BCUT2D eigenvalue weighted by atomic mass is 16.6. The molecule has 0 radical (unpaired) electrons. The van der Waals surface area contributed by atoms with Crippen molar-refractivity contribution in [2.45, 2.75) is 78.1 Å². The molecule has 0 fully saturated rings. The van der Waals surface area contributed by atoms with Crippen molar-refractivity contribution >= 4 is 0 Å². The van der Waals surface area contributed by atoms with Crippen LogP contribution in [0.25, 0.3) is 0 Å². The monoisotopic (exact) mass is 217 g/mol. The van der Waals surface area contributed by atoms with Crippen LogP contribution in [-0.4, -0.2) is 0 Å². The fraction of sp³-hybridized carbons (Fsp3) is 1.00. The van der Waals surface area contributed by atoms with Crippen LogP contribution < -0.4 is 5.34 Å². The van der Waals surface area contributed by atoms with Crippen LogP contribution in [0, 0.1) is 10.1 Å². The molecule has 0 rings (SSSR count). The normalized spacial score (nSPS) is 9.20. The zero-order chi connectivity index (χ0) is 11.8. The third kappa shape index (κ3) is 24.7. The highest BCUT2D eigenvalue weighted by Gasteiger charge is 1.90. The summed E-state index contributed by atoms with van der Waals surface area (Å²) in [5.74, 6) is 0. The molecular weight excluding hydrogens is 190 g/mol. The Hall–Kier alpha value is -0.600. The number of unbranched alkanes of at least 4 members (excludes halogenated alkanes) is 9. The number of hydrogen-bond donors (Lipinski definition) is 1. The first-order valence-corrected chi connectivity index (χ1v) is 6.32. The molecule has 0 aromatic rings. The zero-order valence-corrected chi connectivity index (χ0v) is 10.4. The van der Waals surface area contributed by atoms with Gasteiger partial charge in [0.2, 0.25) is 0 Å². The summed E-state index contributed by atoms with van der Waals surface area (Å²) in [7, 11) is 0. The van der Waals surface area contributed by atoms with E-state index in [0.29, 0.717) is 0 Å². The van der Waals surface area contributed by atoms with E-state index in [2.05, 4.69) is 13.8 Å². The van der Waals surface area contributed by atoms with Crippen molar-refractivity contribution in [3.8, 4) is 0 Å². The van der Waals surface area contributed by atoms with Gasteiger partial charge in [0, 0.05) is 5.34 Å². The first kappa shape index (κ1) is 16.8. The lowest BCUT2D eigenvalue weighted by atomic mass is 10.1. The fourth-order valence-corrected chi connectivity index (χ4v) is 1.56. The molecule has 0 aromatic carbocycles. The molecule has 0 atom stereocenters. The van der Waals surface area contributed by atoms with Crippen LogP contribution in [0.1, 0.15) is 78.1 Å². The van der Waals surface area contributed by atoms with E-state index < -0.39 is 0 Å². The van der Waals surface area contributed by atoms with E-state index in [9.17, 15) is 0 Å². The average Bonchev–Trinajstić information content (AvgIpc) is 2.23. The van der Waals surface area contributed by atoms with Crippen molar-refractivity contribution in [3.63, 3.8) is 0 Å². The highest BCUT2D eigenvalue weighted by Crippen LogP contribution is 2.09. The van der Waals surface area contributed by atoms with Gasteiger partial charge in [-0.1, -0.05) is 78.1 Å². The molecule has 3 heteroatoms. The maximum absolute atomic E-state index is 8.12. The van der Waals surface area contributed by atoms with E-state index in [4.69, 9.17) is 10.1 Å². The summed E-state index contributed by atoms with van der Waals surface area (Å²) in [4.78, 5) is 8.12. The quantitative estimate of drug-likeness (QED) is 0.366. The van der Waals surface area contributed by atoms with Crippen LogP contribution in [-0.2, 0) is 0 Å². The minimum Gasteiger partial charge on any atom is -0.267 e. The first-order chi connectivity index (χ1) is 7.33. The Kier molecular flexibility index (Phi) is 21.4. The molecule has 0 heterocycles. The van der Waals surface area contributed by atoms with Crippen LogP contribution in [0.15, 0.2) is 0 Å². The zero-order valence-electron chi connectivity index (χ0n) is 10.4. The van der Waals surface area contributed by atoms with Crippen molar-refractivity contribution in [2.24, 2.45) is 0 Å². The summed E-state index contributed by atoms with van der Waals surface area (Å²) in [6.45, 7) is 4.56. The lowest BCUT2D eigenvalue weighted by molar-refractivity contribution is -0.398. The molecule has 92 valence electrons. The van der Waals surface area contributed by atoms with Gasteiger partial charge in [-0.2, -0.15) is 0 Å². The molecule has 3 nitrogen and oxygen atoms in total. The summed E-state index contributed by atoms with van der Waals surface area (Å²) in [6, 6.07) is 0. The standard InChI is InChI=1S/C12H26.HNO2/c1-3-5-7-9-11-12-10-8-6-4-2;2-1-3/h3-12H2,1-2H3;1H. The van der Waals surface area contributed by atoms with Crippen molar-refractivity contribution in [2.75, 3.05) is 0 Å². The summed E-state index contributed by atoms with van der Waals surface area (Å²) in [5, 5.41) is 8.38. The molecule has 1 N–H and O–H groups in total. The Morgan fingerprint density at radius 3 is 1.13 bits per heavy atom. The Morgan fingerprint density at radius 2 is 0.933 bits per heavy atom. The number of nitrogens with one attached hydrogen (secondary N) is 1. The molecule has 0 saturated carbocycles. The fourth-order valence-electron chi connectivity index (χ4n) is 1.56. The molecule has 0 aliphatic rings. The van der Waals surface area contributed by atoms with Gasteiger partial charge < -0.3 is 0 Å². The molecule has 0 spiro atoms. The Morgan fingerprint density at radius 1 is 0.733 bits per heavy atom. The van der Waals surface area contributed by atoms with Gasteiger partial charge in [-0.15, -0.1) is 0 Å². The van der Waals surface area contributed by atoms with Gasteiger partial charge in [0.25, 0.3) is 0 Å². The van der Waals surface area contributed by atoms with Crippen molar-refractivity contribution in [3.05, 3.63) is 10.1 Å². The first-order valence-electron chi connectivity index (χ1n) is 6.32. The third-order valence-electron chi connectivity index (χ3n) is 2.46. The smallest absolute Gasteiger partial charge is 0.00366 e. The molecule has 0 aliphatic carbocycles. The second kappa shape index (κ2) is 19.0. The Balaban J connectivity index is 0. The molecule has 0 bridgehead atoms. The largest absolute Gasteiger partial charge is 0.267 e. The summed E-state index contributed by atoms with van der Waals surface area (Å²) >= 11 is 0. The molecule has 0 amide bonds. The van der Waals surface area contributed by atoms with Crippen LogP contribution in [0.2, 0.25) is 0 Å². The number of hydrogen-bond acceptors (Lipinski definition) is 2. The van der Waals surface area contributed by atoms with Gasteiger partial charge >= 0.3 is 0 Å². The summed E-state index contributed by atoms with van der Waals surface area (Å²) in [5.41, 5.74) is 0. The van der Waals surface area contributed by atoms with Gasteiger partial charge in [0.05, 0.1) is 0 Å². The highest BCUT2D eigenvalue weighted by molar-refractivity contribution is 4.45. The van der Waals surface area contributed by atoms with Gasteiger partial charge in [-0.05, 0) is 0 Å². The SMILES string of the molecule is CCCCCCCCCCCC.O=[NH+][O-]. The van der Waals surface area contributed by atoms with Crippen LogP contribution in [0.3, 0.4) is 0 Å². The summed E-state index contributed by atoms with van der Waals surface area (Å²) < 4.78 is 0. The van der Waals surface area contributed by atoms with Gasteiger partial charge in [-0.25, -0.2) is 0 Å². The minimum atomic E-state index is 0.250. The van der Waals surface area contributed by atoms with E-state index in [1.54, 1.807) is 0 Å². The predicted molar refractivity (Wildman–Crippen MR) is 65.2 cm³/mol. The van der Waals surface area contributed by atoms with Gasteiger partial charge in [0.1, 0.15) is 0 Å². The van der Waals surface area contributed by atoms with E-state index in [0.717, 1.165) is 0 Å². The van der Waals surface area contributed by atoms with Gasteiger partial charge in [-0.3, -0.25) is 10.1 Å². The Bertz CT molecular complexity index is 97.8. The molecule has 0 saturated heterocycles. The number of rotatable bonds is 9. The second-order valence-electron chi connectivity index (χ2n) is 3.91. The predicted octanol–water partition coefficient (Wildman–Crippen LogP) is 3.26. The lowest BCUT2D eigenvalue weighted by Crippen LogP contribution is -2.53. The Labute approximate surface area is 94.2 Å². The van der Waals surface area contributed by atoms with E-state index in [1.165, 1.54) is 64.2 Å². The topological polar surface area (TPSA) is 54.1 Å². The third-order valence-corrected chi connectivity index (χ3v) is 2.46. The maximum atomic E-state index is 8.12. The van der Waals surface area contributed by atoms with E-state index in [1.807, 2.05) is 0 Å². The molecule has 0 unspecified atom stereocenters. The second-order valence-corrected chi connectivity index (χ2v) is 3.91. The molecular formula is C12H27NO2. The van der Waals surface area contributed by atoms with Gasteiger partial charge in [0.15, 0.2) is 0 Å². The van der Waals surface area contributed by atoms with E-state index >= 15 is 0 Å². The lowest BCUT2D eigenvalue weighted by Gasteiger charge is -1.99. The maximum Gasteiger partial charge on any atom is 0.00366 e. The average molecular weight is 217 g/mol. The molecule has 0 aromatic heterocycles. The molecule has 15 heavy (non-hydrogen) atoms. The van der Waals surface area contributed by atoms with Crippen molar-refractivity contribution in [1.82, 2.24) is 0 Å². The van der Waals surface area contributed by atoms with Crippen molar-refractivity contribution < 1.29 is 5.34 Å². The molecule has 0 aliphatic heterocycles. The minimum absolute atomic E-state index is 0.250. The van der Waals surface area contributed by atoms with Crippen molar-refractivity contribution in [1.29, 1.82) is 0 Å². The van der Waals surface area contributed by atoms with Crippen LogP contribution >= 0.6 is 0 Å². The van der Waals surface area contributed by atoms with Crippen LogP contribution in [0.4, 0.5) is 0 Å². The van der Waals surface area contributed by atoms with Crippen LogP contribution in [0.5, 0.6) is 0 Å².